The molecule has 92 valence electrons. The molecule has 1 aromatic rings. The van der Waals surface area contributed by atoms with E-state index in [0.717, 1.165) is 0 Å². The second-order valence-corrected chi connectivity index (χ2v) is 4.27. The van der Waals surface area contributed by atoms with Gasteiger partial charge in [0, 0.05) is 17.3 Å². The largest absolute Gasteiger partial charge is 0.481 e. The van der Waals surface area contributed by atoms with Gasteiger partial charge in [0.2, 0.25) is 5.91 Å². The van der Waals surface area contributed by atoms with E-state index < -0.39 is 11.8 Å². The Bertz CT molecular complexity index is 437. The number of benzene rings is 1. The number of halogens is 2. The third kappa shape index (κ3) is 4.95. The smallest absolute Gasteiger partial charge is 0.303 e. The first-order valence-electron chi connectivity index (χ1n) is 4.95. The maximum Gasteiger partial charge on any atom is 0.303 e. The molecule has 1 amide bonds. The van der Waals surface area contributed by atoms with Gasteiger partial charge in [-0.3, -0.25) is 9.59 Å². The summed E-state index contributed by atoms with van der Waals surface area (Å²) in [5.41, 5.74) is 0.465. The average molecular weight is 304 g/mol. The Morgan fingerprint density at radius 1 is 1.35 bits per heavy atom. The molecule has 1 rings (SSSR count). The molecule has 0 spiro atoms. The molecule has 2 N–H and O–H groups in total. The highest BCUT2D eigenvalue weighted by molar-refractivity contribution is 9.10. The van der Waals surface area contributed by atoms with Crippen LogP contribution in [0.1, 0.15) is 19.3 Å². The maximum absolute atomic E-state index is 12.8. The van der Waals surface area contributed by atoms with Crippen LogP contribution >= 0.6 is 15.9 Å². The van der Waals surface area contributed by atoms with Crippen molar-refractivity contribution < 1.29 is 19.1 Å². The first-order valence-corrected chi connectivity index (χ1v) is 5.75. The summed E-state index contributed by atoms with van der Waals surface area (Å²) in [6, 6.07) is 3.92. The number of aliphatic carboxylic acids is 1. The van der Waals surface area contributed by atoms with E-state index in [4.69, 9.17) is 5.11 Å². The molecule has 0 heterocycles. The minimum Gasteiger partial charge on any atom is -0.481 e. The highest BCUT2D eigenvalue weighted by Crippen LogP contribution is 2.23. The van der Waals surface area contributed by atoms with Gasteiger partial charge in [-0.15, -0.1) is 0 Å². The van der Waals surface area contributed by atoms with Gasteiger partial charge in [-0.1, -0.05) is 0 Å². The summed E-state index contributed by atoms with van der Waals surface area (Å²) >= 11 is 3.12. The fourth-order valence-electron chi connectivity index (χ4n) is 1.20. The SMILES string of the molecule is O=C(O)CCCC(=O)Nc1ccc(F)cc1Br. The summed E-state index contributed by atoms with van der Waals surface area (Å²) in [6.07, 6.45) is 0.355. The van der Waals surface area contributed by atoms with Crippen LogP contribution in [0.5, 0.6) is 0 Å². The Kier molecular flexibility index (Phi) is 5.09. The van der Waals surface area contributed by atoms with E-state index in [1.807, 2.05) is 0 Å². The molecule has 6 heteroatoms. The molecular formula is C11H11BrFNO3. The Hall–Kier alpha value is -1.43. The van der Waals surface area contributed by atoms with E-state index in [9.17, 15) is 14.0 Å². The Labute approximate surface area is 106 Å². The monoisotopic (exact) mass is 303 g/mol. The van der Waals surface area contributed by atoms with Crippen molar-refractivity contribution in [1.29, 1.82) is 0 Å². The number of carboxylic acid groups (broad SMARTS) is 1. The van der Waals surface area contributed by atoms with Gasteiger partial charge in [0.05, 0.1) is 5.69 Å². The van der Waals surface area contributed by atoms with E-state index in [2.05, 4.69) is 21.2 Å². The number of carbonyl (C=O) groups excluding carboxylic acids is 1. The lowest BCUT2D eigenvalue weighted by atomic mass is 10.2. The zero-order valence-electron chi connectivity index (χ0n) is 8.87. The maximum atomic E-state index is 12.8. The number of rotatable bonds is 5. The first-order chi connectivity index (χ1) is 7.99. The molecule has 0 aliphatic heterocycles. The van der Waals surface area contributed by atoms with E-state index in [1.165, 1.54) is 18.2 Å². The van der Waals surface area contributed by atoms with Crippen LogP contribution in [-0.4, -0.2) is 17.0 Å². The van der Waals surface area contributed by atoms with Crippen LogP contribution in [0, 0.1) is 5.82 Å². The zero-order valence-corrected chi connectivity index (χ0v) is 10.5. The molecule has 17 heavy (non-hydrogen) atoms. The van der Waals surface area contributed by atoms with Crippen molar-refractivity contribution in [3.63, 3.8) is 0 Å². The molecule has 0 unspecified atom stereocenters. The van der Waals surface area contributed by atoms with Gasteiger partial charge in [0.1, 0.15) is 5.82 Å². The lowest BCUT2D eigenvalue weighted by molar-refractivity contribution is -0.137. The molecule has 0 aliphatic carbocycles. The zero-order chi connectivity index (χ0) is 12.8. The number of amides is 1. The molecule has 0 fully saturated rings. The van der Waals surface area contributed by atoms with Crippen molar-refractivity contribution in [3.05, 3.63) is 28.5 Å². The van der Waals surface area contributed by atoms with Crippen LogP contribution in [0.25, 0.3) is 0 Å². The van der Waals surface area contributed by atoms with Crippen LogP contribution in [0.2, 0.25) is 0 Å². The molecule has 0 aliphatic rings. The average Bonchev–Trinajstić information content (AvgIpc) is 2.21. The number of carbonyl (C=O) groups is 2. The summed E-state index contributed by atoms with van der Waals surface area (Å²) in [5, 5.41) is 11.0. The Morgan fingerprint density at radius 3 is 2.65 bits per heavy atom. The summed E-state index contributed by atoms with van der Waals surface area (Å²) in [6.45, 7) is 0. The fraction of sp³-hybridized carbons (Fsp3) is 0.273. The van der Waals surface area contributed by atoms with Crippen molar-refractivity contribution in [1.82, 2.24) is 0 Å². The highest BCUT2D eigenvalue weighted by Gasteiger charge is 2.07. The molecule has 0 saturated carbocycles. The number of hydrogen-bond donors (Lipinski definition) is 2. The second kappa shape index (κ2) is 6.34. The fourth-order valence-corrected chi connectivity index (χ4v) is 1.65. The summed E-state index contributed by atoms with van der Waals surface area (Å²) < 4.78 is 13.2. The second-order valence-electron chi connectivity index (χ2n) is 3.42. The summed E-state index contributed by atoms with van der Waals surface area (Å²) in [4.78, 5) is 21.7. The standard InChI is InChI=1S/C11H11BrFNO3/c12-8-6-7(13)4-5-9(8)14-10(15)2-1-3-11(16)17/h4-6H,1-3H2,(H,14,15)(H,16,17). The molecule has 4 nitrogen and oxygen atoms in total. The first kappa shape index (κ1) is 13.6. The van der Waals surface area contributed by atoms with Crippen molar-refractivity contribution in [2.45, 2.75) is 19.3 Å². The number of carboxylic acids is 1. The Balaban J connectivity index is 2.48. The van der Waals surface area contributed by atoms with Gasteiger partial charge in [-0.05, 0) is 40.5 Å². The molecule has 0 atom stereocenters. The van der Waals surface area contributed by atoms with Crippen molar-refractivity contribution in [3.8, 4) is 0 Å². The van der Waals surface area contributed by atoms with Crippen molar-refractivity contribution in [2.24, 2.45) is 0 Å². The number of hydrogen-bond acceptors (Lipinski definition) is 2. The number of anilines is 1. The predicted molar refractivity (Wildman–Crippen MR) is 64.2 cm³/mol. The molecule has 0 radical (unpaired) electrons. The van der Waals surface area contributed by atoms with E-state index in [1.54, 1.807) is 0 Å². The van der Waals surface area contributed by atoms with Gasteiger partial charge in [0.15, 0.2) is 0 Å². The van der Waals surface area contributed by atoms with E-state index >= 15 is 0 Å². The quantitative estimate of drug-likeness (QED) is 0.879. The van der Waals surface area contributed by atoms with Crippen LogP contribution in [0.15, 0.2) is 22.7 Å². The predicted octanol–water partition coefficient (Wildman–Crippen LogP) is 2.78. The minimum atomic E-state index is -0.930. The normalized spacial score (nSPS) is 10.0. The van der Waals surface area contributed by atoms with Gasteiger partial charge < -0.3 is 10.4 Å². The molecular weight excluding hydrogens is 293 g/mol. The lowest BCUT2D eigenvalue weighted by Crippen LogP contribution is -2.12. The lowest BCUT2D eigenvalue weighted by Gasteiger charge is -2.06. The van der Waals surface area contributed by atoms with Crippen LogP contribution in [0.4, 0.5) is 10.1 Å². The topological polar surface area (TPSA) is 66.4 Å². The van der Waals surface area contributed by atoms with Crippen molar-refractivity contribution in [2.75, 3.05) is 5.32 Å². The summed E-state index contributed by atoms with van der Waals surface area (Å²) in [7, 11) is 0. The van der Waals surface area contributed by atoms with Crippen LogP contribution in [0.3, 0.4) is 0 Å². The van der Waals surface area contributed by atoms with Gasteiger partial charge >= 0.3 is 5.97 Å². The van der Waals surface area contributed by atoms with Crippen LogP contribution < -0.4 is 5.32 Å². The third-order valence-corrected chi connectivity index (χ3v) is 2.66. The van der Waals surface area contributed by atoms with Gasteiger partial charge in [-0.25, -0.2) is 4.39 Å². The molecule has 0 aromatic heterocycles. The van der Waals surface area contributed by atoms with Crippen LogP contribution in [-0.2, 0) is 9.59 Å². The highest BCUT2D eigenvalue weighted by atomic mass is 79.9. The molecule has 0 saturated heterocycles. The van der Waals surface area contributed by atoms with E-state index in [-0.39, 0.29) is 25.2 Å². The van der Waals surface area contributed by atoms with Crippen molar-refractivity contribution >= 4 is 33.5 Å². The molecule has 0 bridgehead atoms. The van der Waals surface area contributed by atoms with Gasteiger partial charge in [0.25, 0.3) is 0 Å². The third-order valence-electron chi connectivity index (χ3n) is 2.00. The van der Waals surface area contributed by atoms with Gasteiger partial charge in [-0.2, -0.15) is 0 Å². The minimum absolute atomic E-state index is 0.0436. The molecule has 1 aromatic carbocycles. The number of nitrogens with one attached hydrogen (secondary N) is 1. The summed E-state index contributed by atoms with van der Waals surface area (Å²) in [5.74, 6) is -1.62. The Morgan fingerprint density at radius 2 is 2.06 bits per heavy atom. The van der Waals surface area contributed by atoms with E-state index in [0.29, 0.717) is 10.2 Å².